The second-order valence-electron chi connectivity index (χ2n) is 8.23. The molecule has 5 nitrogen and oxygen atoms in total. The average Bonchev–Trinajstić information content (AvgIpc) is 3.27. The molecule has 1 aliphatic carbocycles. The van der Waals surface area contributed by atoms with Crippen LogP contribution in [0.15, 0.2) is 46.9 Å². The zero-order chi connectivity index (χ0) is 23.1. The number of nitrogens with zero attached hydrogens (tertiary/aromatic N) is 1. The Labute approximate surface area is 203 Å². The zero-order valence-corrected chi connectivity index (χ0v) is 20.9. The van der Waals surface area contributed by atoms with Gasteiger partial charge in [-0.25, -0.2) is 0 Å². The van der Waals surface area contributed by atoms with E-state index in [1.54, 1.807) is 23.1 Å². The van der Waals surface area contributed by atoms with Gasteiger partial charge in [0.2, 0.25) is 5.91 Å². The van der Waals surface area contributed by atoms with Crippen molar-refractivity contribution >= 4 is 39.3 Å². The van der Waals surface area contributed by atoms with Crippen molar-refractivity contribution in [3.63, 3.8) is 0 Å². The fourth-order valence-electron chi connectivity index (χ4n) is 4.07. The van der Waals surface area contributed by atoms with E-state index in [9.17, 15) is 9.59 Å². The molecule has 2 aromatic rings. The number of carbonyl (C=O) groups excluding carboxylic acids is 2. The fourth-order valence-corrected chi connectivity index (χ4v) is 4.80. The normalized spacial score (nSPS) is 14.8. The first-order chi connectivity index (χ1) is 15.4. The van der Waals surface area contributed by atoms with Gasteiger partial charge in [0, 0.05) is 17.1 Å². The predicted octanol–water partition coefficient (Wildman–Crippen LogP) is 5.66. The third-order valence-corrected chi connectivity index (χ3v) is 6.72. The van der Waals surface area contributed by atoms with Gasteiger partial charge in [0.05, 0.1) is 5.02 Å². The molecular formula is C25H30BrClN2O3. The second kappa shape index (κ2) is 11.7. The van der Waals surface area contributed by atoms with Crippen molar-refractivity contribution in [1.29, 1.82) is 0 Å². The first-order valence-corrected chi connectivity index (χ1v) is 12.3. The molecule has 0 bridgehead atoms. The SMILES string of the molecule is CC[C@@H](C(=O)NC1CCCC1)N(Cc1ccccc1C)C(=O)COc1ccc(Br)cc1Cl. The molecule has 0 radical (unpaired) electrons. The molecule has 32 heavy (non-hydrogen) atoms. The summed E-state index contributed by atoms with van der Waals surface area (Å²) in [6, 6.07) is 12.8. The van der Waals surface area contributed by atoms with Crippen molar-refractivity contribution in [2.75, 3.05) is 6.61 Å². The molecule has 1 atom stereocenters. The molecule has 0 aliphatic heterocycles. The van der Waals surface area contributed by atoms with Crippen LogP contribution in [0.1, 0.15) is 50.2 Å². The summed E-state index contributed by atoms with van der Waals surface area (Å²) in [5.41, 5.74) is 2.09. The monoisotopic (exact) mass is 520 g/mol. The minimum atomic E-state index is -0.563. The summed E-state index contributed by atoms with van der Waals surface area (Å²) in [6.45, 7) is 4.10. The van der Waals surface area contributed by atoms with E-state index in [2.05, 4.69) is 21.2 Å². The van der Waals surface area contributed by atoms with Crippen LogP contribution in [0.3, 0.4) is 0 Å². The molecule has 0 aromatic heterocycles. The van der Waals surface area contributed by atoms with Crippen LogP contribution in [-0.4, -0.2) is 35.4 Å². The molecule has 3 rings (SSSR count). The van der Waals surface area contributed by atoms with Gasteiger partial charge in [0.15, 0.2) is 6.61 Å². The second-order valence-corrected chi connectivity index (χ2v) is 9.55. The maximum atomic E-state index is 13.3. The van der Waals surface area contributed by atoms with Crippen LogP contribution in [0.25, 0.3) is 0 Å². The molecule has 2 amide bonds. The van der Waals surface area contributed by atoms with E-state index in [0.29, 0.717) is 23.7 Å². The van der Waals surface area contributed by atoms with E-state index in [-0.39, 0.29) is 24.5 Å². The van der Waals surface area contributed by atoms with E-state index in [1.807, 2.05) is 38.1 Å². The van der Waals surface area contributed by atoms with Crippen LogP contribution in [0.5, 0.6) is 5.75 Å². The summed E-state index contributed by atoms with van der Waals surface area (Å²) in [5, 5.41) is 3.57. The number of hydrogen-bond acceptors (Lipinski definition) is 3. The number of aryl methyl sites for hydroxylation is 1. The minimum absolute atomic E-state index is 0.0944. The lowest BCUT2D eigenvalue weighted by Crippen LogP contribution is -2.52. The highest BCUT2D eigenvalue weighted by Gasteiger charge is 2.31. The van der Waals surface area contributed by atoms with Gasteiger partial charge in [0.1, 0.15) is 11.8 Å². The summed E-state index contributed by atoms with van der Waals surface area (Å²) in [5.74, 6) is 0.0891. The average molecular weight is 522 g/mol. The summed E-state index contributed by atoms with van der Waals surface area (Å²) in [6.07, 6.45) is 4.79. The van der Waals surface area contributed by atoms with Crippen LogP contribution in [0.2, 0.25) is 5.02 Å². The van der Waals surface area contributed by atoms with Gasteiger partial charge >= 0.3 is 0 Å². The smallest absolute Gasteiger partial charge is 0.261 e. The maximum Gasteiger partial charge on any atom is 0.261 e. The van der Waals surface area contributed by atoms with E-state index in [1.165, 1.54) is 0 Å². The van der Waals surface area contributed by atoms with Crippen molar-refractivity contribution in [2.24, 2.45) is 0 Å². The number of rotatable bonds is 9. The number of halogens is 2. The van der Waals surface area contributed by atoms with Crippen LogP contribution < -0.4 is 10.1 Å². The number of nitrogens with one attached hydrogen (secondary N) is 1. The highest BCUT2D eigenvalue weighted by molar-refractivity contribution is 9.10. The van der Waals surface area contributed by atoms with Gasteiger partial charge in [-0.3, -0.25) is 9.59 Å². The van der Waals surface area contributed by atoms with Crippen molar-refractivity contribution in [3.05, 3.63) is 63.1 Å². The number of amides is 2. The maximum absolute atomic E-state index is 13.3. The Morgan fingerprint density at radius 3 is 2.59 bits per heavy atom. The first-order valence-electron chi connectivity index (χ1n) is 11.1. The van der Waals surface area contributed by atoms with Crippen LogP contribution in [0.4, 0.5) is 0 Å². The van der Waals surface area contributed by atoms with E-state index >= 15 is 0 Å². The number of ether oxygens (including phenoxy) is 1. The third kappa shape index (κ3) is 6.48. The molecule has 0 unspecified atom stereocenters. The topological polar surface area (TPSA) is 58.6 Å². The quantitative estimate of drug-likeness (QED) is 0.463. The fraction of sp³-hybridized carbons (Fsp3) is 0.440. The summed E-state index contributed by atoms with van der Waals surface area (Å²) < 4.78 is 6.57. The Kier molecular flexibility index (Phi) is 9.00. The first kappa shape index (κ1) is 24.6. The number of benzene rings is 2. The van der Waals surface area contributed by atoms with E-state index in [0.717, 1.165) is 41.3 Å². The third-order valence-electron chi connectivity index (χ3n) is 5.93. The van der Waals surface area contributed by atoms with Gasteiger partial charge in [-0.05, 0) is 55.5 Å². The number of hydrogen-bond donors (Lipinski definition) is 1. The Morgan fingerprint density at radius 1 is 1.22 bits per heavy atom. The van der Waals surface area contributed by atoms with Crippen LogP contribution >= 0.6 is 27.5 Å². The number of carbonyl (C=O) groups is 2. The van der Waals surface area contributed by atoms with Gasteiger partial charge in [-0.1, -0.05) is 71.6 Å². The van der Waals surface area contributed by atoms with E-state index in [4.69, 9.17) is 16.3 Å². The standard InChI is InChI=1S/C25H30BrClN2O3/c1-3-22(25(31)28-20-10-6-7-11-20)29(15-18-9-5-4-8-17(18)2)24(30)16-32-23-13-12-19(26)14-21(23)27/h4-5,8-9,12-14,20,22H,3,6-7,10-11,15-16H2,1-2H3,(H,28,31)/t22-/m0/s1. The molecule has 1 N–H and O–H groups in total. The lowest BCUT2D eigenvalue weighted by Gasteiger charge is -2.32. The van der Waals surface area contributed by atoms with Crippen molar-refractivity contribution in [3.8, 4) is 5.75 Å². The molecule has 1 fully saturated rings. The zero-order valence-electron chi connectivity index (χ0n) is 18.6. The van der Waals surface area contributed by atoms with Crippen LogP contribution in [-0.2, 0) is 16.1 Å². The Bertz CT molecular complexity index is 947. The Morgan fingerprint density at radius 2 is 1.94 bits per heavy atom. The highest BCUT2D eigenvalue weighted by Crippen LogP contribution is 2.28. The molecule has 2 aromatic carbocycles. The summed E-state index contributed by atoms with van der Waals surface area (Å²) >= 11 is 9.60. The molecular weight excluding hydrogens is 492 g/mol. The minimum Gasteiger partial charge on any atom is -0.482 e. The summed E-state index contributed by atoms with van der Waals surface area (Å²) in [7, 11) is 0. The van der Waals surface area contributed by atoms with E-state index < -0.39 is 6.04 Å². The molecule has 1 saturated carbocycles. The van der Waals surface area contributed by atoms with Crippen LogP contribution in [0, 0.1) is 6.92 Å². The van der Waals surface area contributed by atoms with Gasteiger partial charge in [-0.15, -0.1) is 0 Å². The molecule has 1 aliphatic rings. The van der Waals surface area contributed by atoms with Gasteiger partial charge in [0.25, 0.3) is 5.91 Å². The lowest BCUT2D eigenvalue weighted by atomic mass is 10.1. The Balaban J connectivity index is 1.78. The van der Waals surface area contributed by atoms with Crippen molar-refractivity contribution < 1.29 is 14.3 Å². The molecule has 7 heteroatoms. The largest absolute Gasteiger partial charge is 0.482 e. The van der Waals surface area contributed by atoms with Gasteiger partial charge in [-0.2, -0.15) is 0 Å². The summed E-state index contributed by atoms with van der Waals surface area (Å²) in [4.78, 5) is 28.1. The molecule has 0 spiro atoms. The highest BCUT2D eigenvalue weighted by atomic mass is 79.9. The van der Waals surface area contributed by atoms with Crippen molar-refractivity contribution in [1.82, 2.24) is 10.2 Å². The molecule has 0 saturated heterocycles. The predicted molar refractivity (Wildman–Crippen MR) is 131 cm³/mol. The van der Waals surface area contributed by atoms with Gasteiger partial charge < -0.3 is 15.0 Å². The lowest BCUT2D eigenvalue weighted by molar-refractivity contribution is -0.143. The van der Waals surface area contributed by atoms with Crippen molar-refractivity contribution in [2.45, 2.75) is 64.6 Å². The molecule has 0 heterocycles. The Hall–Kier alpha value is -2.05. The molecule has 172 valence electrons.